The van der Waals surface area contributed by atoms with E-state index in [4.69, 9.17) is 5.73 Å². The lowest BCUT2D eigenvalue weighted by Crippen LogP contribution is -2.18. The van der Waals surface area contributed by atoms with Crippen molar-refractivity contribution >= 4 is 11.6 Å². The monoisotopic (exact) mass is 259 g/mol. The Kier molecular flexibility index (Phi) is 3.40. The summed E-state index contributed by atoms with van der Waals surface area (Å²) in [5.74, 6) is 2.41. The van der Waals surface area contributed by atoms with Crippen molar-refractivity contribution in [2.45, 2.75) is 32.1 Å². The van der Waals surface area contributed by atoms with E-state index in [2.05, 4.69) is 10.3 Å². The van der Waals surface area contributed by atoms with Gasteiger partial charge in [-0.05, 0) is 49.5 Å². The molecule has 19 heavy (non-hydrogen) atoms. The van der Waals surface area contributed by atoms with E-state index in [9.17, 15) is 4.79 Å². The van der Waals surface area contributed by atoms with Gasteiger partial charge < -0.3 is 11.1 Å². The molecule has 3 atom stereocenters. The molecule has 1 aromatic rings. The first kappa shape index (κ1) is 12.5. The molecule has 0 spiro atoms. The summed E-state index contributed by atoms with van der Waals surface area (Å²) in [5.41, 5.74) is 6.63. The molecule has 0 saturated heterocycles. The number of pyridine rings is 1. The number of hydrogen-bond donors (Lipinski definition) is 2. The van der Waals surface area contributed by atoms with Crippen LogP contribution in [0.15, 0.2) is 18.5 Å². The molecule has 4 heteroatoms. The lowest BCUT2D eigenvalue weighted by atomic mass is 9.86. The standard InChI is InChI=1S/C15H21N3O/c16-15(19)13-9-17-5-4-14(13)18-6-3-12-8-10-1-2-11(12)7-10/h4-5,9-12H,1-3,6-8H2,(H2,16,19)(H,17,18). The second-order valence-electron chi connectivity index (χ2n) is 5.94. The van der Waals surface area contributed by atoms with Crippen LogP contribution in [0, 0.1) is 17.8 Å². The van der Waals surface area contributed by atoms with E-state index in [0.29, 0.717) is 5.56 Å². The van der Waals surface area contributed by atoms with Crippen molar-refractivity contribution in [1.29, 1.82) is 0 Å². The number of rotatable bonds is 5. The number of nitrogens with one attached hydrogen (secondary N) is 1. The average molecular weight is 259 g/mol. The van der Waals surface area contributed by atoms with E-state index in [1.165, 1.54) is 38.3 Å². The highest BCUT2D eigenvalue weighted by atomic mass is 16.1. The molecule has 0 radical (unpaired) electrons. The third kappa shape index (κ3) is 2.57. The van der Waals surface area contributed by atoms with Crippen LogP contribution >= 0.6 is 0 Å². The Labute approximate surface area is 113 Å². The fourth-order valence-electron chi connectivity index (χ4n) is 3.87. The van der Waals surface area contributed by atoms with Crippen molar-refractivity contribution in [2.75, 3.05) is 11.9 Å². The maximum absolute atomic E-state index is 11.3. The fraction of sp³-hybridized carbons (Fsp3) is 0.600. The number of fused-ring (bicyclic) bond motifs is 2. The van der Waals surface area contributed by atoms with Crippen LogP contribution in [0.2, 0.25) is 0 Å². The van der Waals surface area contributed by atoms with Crippen LogP contribution in [-0.2, 0) is 0 Å². The summed E-state index contributed by atoms with van der Waals surface area (Å²) in [5, 5.41) is 3.34. The quantitative estimate of drug-likeness (QED) is 0.853. The minimum absolute atomic E-state index is 0.421. The fourth-order valence-corrected chi connectivity index (χ4v) is 3.87. The van der Waals surface area contributed by atoms with Crippen LogP contribution in [0.25, 0.3) is 0 Å². The van der Waals surface area contributed by atoms with Crippen molar-refractivity contribution in [3.05, 3.63) is 24.0 Å². The summed E-state index contributed by atoms with van der Waals surface area (Å²) in [7, 11) is 0. The van der Waals surface area contributed by atoms with Crippen molar-refractivity contribution < 1.29 is 4.79 Å². The maximum atomic E-state index is 11.3. The zero-order chi connectivity index (χ0) is 13.2. The van der Waals surface area contributed by atoms with Gasteiger partial charge in [0.05, 0.1) is 11.3 Å². The zero-order valence-corrected chi connectivity index (χ0v) is 11.1. The van der Waals surface area contributed by atoms with Gasteiger partial charge in [0.15, 0.2) is 0 Å². The predicted octanol–water partition coefficient (Wildman–Crippen LogP) is 2.42. The first-order valence-corrected chi connectivity index (χ1v) is 7.21. The van der Waals surface area contributed by atoms with E-state index < -0.39 is 5.91 Å². The minimum Gasteiger partial charge on any atom is -0.384 e. The topological polar surface area (TPSA) is 68.0 Å². The molecule has 0 aliphatic heterocycles. The van der Waals surface area contributed by atoms with Gasteiger partial charge in [0, 0.05) is 18.9 Å². The molecule has 3 unspecified atom stereocenters. The smallest absolute Gasteiger partial charge is 0.252 e. The molecule has 1 aromatic heterocycles. The number of anilines is 1. The molecule has 4 nitrogen and oxygen atoms in total. The Balaban J connectivity index is 1.54. The number of amides is 1. The second kappa shape index (κ2) is 5.19. The first-order valence-electron chi connectivity index (χ1n) is 7.21. The minimum atomic E-state index is -0.421. The zero-order valence-electron chi connectivity index (χ0n) is 11.1. The summed E-state index contributed by atoms with van der Waals surface area (Å²) in [6.07, 6.45) is 10.1. The Morgan fingerprint density at radius 1 is 1.42 bits per heavy atom. The molecular formula is C15H21N3O. The molecule has 2 bridgehead atoms. The van der Waals surface area contributed by atoms with Gasteiger partial charge >= 0.3 is 0 Å². The summed E-state index contributed by atoms with van der Waals surface area (Å²) >= 11 is 0. The van der Waals surface area contributed by atoms with Gasteiger partial charge in [-0.3, -0.25) is 9.78 Å². The van der Waals surface area contributed by atoms with Gasteiger partial charge in [0.2, 0.25) is 0 Å². The van der Waals surface area contributed by atoms with Crippen LogP contribution in [0.3, 0.4) is 0 Å². The normalized spacial score (nSPS) is 28.5. The van der Waals surface area contributed by atoms with Crippen molar-refractivity contribution in [3.63, 3.8) is 0 Å². The summed E-state index contributed by atoms with van der Waals surface area (Å²) < 4.78 is 0. The van der Waals surface area contributed by atoms with Gasteiger partial charge in [0.25, 0.3) is 5.91 Å². The highest BCUT2D eigenvalue weighted by molar-refractivity contribution is 5.98. The molecule has 2 aliphatic carbocycles. The number of hydrogen-bond acceptors (Lipinski definition) is 3. The van der Waals surface area contributed by atoms with Gasteiger partial charge in [-0.2, -0.15) is 0 Å². The van der Waals surface area contributed by atoms with Gasteiger partial charge in [0.1, 0.15) is 0 Å². The lowest BCUT2D eigenvalue weighted by molar-refractivity contribution is 0.100. The second-order valence-corrected chi connectivity index (χ2v) is 5.94. The predicted molar refractivity (Wildman–Crippen MR) is 74.8 cm³/mol. The van der Waals surface area contributed by atoms with E-state index in [1.54, 1.807) is 6.20 Å². The lowest BCUT2D eigenvalue weighted by Gasteiger charge is -2.22. The molecule has 2 saturated carbocycles. The Bertz CT molecular complexity index is 474. The molecule has 1 heterocycles. The molecule has 102 valence electrons. The van der Waals surface area contributed by atoms with Crippen molar-refractivity contribution in [3.8, 4) is 0 Å². The Morgan fingerprint density at radius 3 is 3.00 bits per heavy atom. The van der Waals surface area contributed by atoms with Crippen LogP contribution in [0.1, 0.15) is 42.5 Å². The van der Waals surface area contributed by atoms with Crippen LogP contribution in [0.5, 0.6) is 0 Å². The summed E-state index contributed by atoms with van der Waals surface area (Å²) in [6.45, 7) is 0.915. The highest BCUT2D eigenvalue weighted by Crippen LogP contribution is 2.49. The number of primary amides is 1. The van der Waals surface area contributed by atoms with Crippen LogP contribution < -0.4 is 11.1 Å². The number of nitrogens with zero attached hydrogens (tertiary/aromatic N) is 1. The van der Waals surface area contributed by atoms with Crippen LogP contribution in [0.4, 0.5) is 5.69 Å². The van der Waals surface area contributed by atoms with Crippen molar-refractivity contribution in [2.24, 2.45) is 23.5 Å². The molecule has 3 rings (SSSR count). The highest BCUT2D eigenvalue weighted by Gasteiger charge is 2.38. The van der Waals surface area contributed by atoms with Crippen molar-refractivity contribution in [1.82, 2.24) is 4.98 Å². The largest absolute Gasteiger partial charge is 0.384 e. The van der Waals surface area contributed by atoms with Crippen LogP contribution in [-0.4, -0.2) is 17.4 Å². The van der Waals surface area contributed by atoms with Gasteiger partial charge in [-0.25, -0.2) is 0 Å². The number of carbonyl (C=O) groups is 1. The Morgan fingerprint density at radius 2 is 2.32 bits per heavy atom. The number of nitrogens with two attached hydrogens (primary N) is 1. The third-order valence-electron chi connectivity index (χ3n) is 4.80. The van der Waals surface area contributed by atoms with E-state index >= 15 is 0 Å². The van der Waals surface area contributed by atoms with E-state index in [0.717, 1.165) is 30.0 Å². The molecule has 2 aliphatic rings. The summed E-state index contributed by atoms with van der Waals surface area (Å²) in [6, 6.07) is 1.82. The molecule has 1 amide bonds. The molecular weight excluding hydrogens is 238 g/mol. The maximum Gasteiger partial charge on any atom is 0.252 e. The summed E-state index contributed by atoms with van der Waals surface area (Å²) in [4.78, 5) is 15.2. The number of carbonyl (C=O) groups excluding carboxylic acids is 1. The Hall–Kier alpha value is -1.58. The first-order chi connectivity index (χ1) is 9.24. The average Bonchev–Trinajstić information content (AvgIpc) is 3.01. The molecule has 3 N–H and O–H groups in total. The third-order valence-corrected chi connectivity index (χ3v) is 4.80. The molecule has 2 fully saturated rings. The van der Waals surface area contributed by atoms with Gasteiger partial charge in [-0.15, -0.1) is 0 Å². The van der Waals surface area contributed by atoms with E-state index in [-0.39, 0.29) is 0 Å². The molecule has 0 aromatic carbocycles. The SMILES string of the molecule is NC(=O)c1cnccc1NCCC1CC2CCC1C2. The van der Waals surface area contributed by atoms with Gasteiger partial charge in [-0.1, -0.05) is 6.42 Å². The van der Waals surface area contributed by atoms with E-state index in [1.807, 2.05) is 6.07 Å². The number of aromatic nitrogens is 1.